The molecule has 1 aromatic rings. The Balaban J connectivity index is 2.90. The molecule has 1 atom stereocenters. The van der Waals surface area contributed by atoms with Gasteiger partial charge in [-0.3, -0.25) is 0 Å². The summed E-state index contributed by atoms with van der Waals surface area (Å²) in [4.78, 5) is 4.31. The SMILES string of the molecule is CCCn1ccnc1C(N)C(C)(C)OC. The predicted octanol–water partition coefficient (Wildman–Crippen LogP) is 1.72. The van der Waals surface area contributed by atoms with Crippen molar-refractivity contribution in [3.63, 3.8) is 0 Å². The monoisotopic (exact) mass is 211 g/mol. The Labute approximate surface area is 91.4 Å². The molecule has 0 saturated carbocycles. The highest BCUT2D eigenvalue weighted by Crippen LogP contribution is 2.24. The smallest absolute Gasteiger partial charge is 0.128 e. The van der Waals surface area contributed by atoms with Crippen LogP contribution in [0, 0.1) is 0 Å². The molecule has 0 bridgehead atoms. The number of ether oxygens (including phenoxy) is 1. The highest BCUT2D eigenvalue weighted by Gasteiger charge is 2.30. The summed E-state index contributed by atoms with van der Waals surface area (Å²) in [5, 5.41) is 0. The summed E-state index contributed by atoms with van der Waals surface area (Å²) < 4.78 is 7.47. The van der Waals surface area contributed by atoms with Gasteiger partial charge in [0.25, 0.3) is 0 Å². The second kappa shape index (κ2) is 4.77. The third-order valence-electron chi connectivity index (χ3n) is 2.77. The van der Waals surface area contributed by atoms with Crippen molar-refractivity contribution in [2.45, 2.75) is 45.4 Å². The topological polar surface area (TPSA) is 53.1 Å². The van der Waals surface area contributed by atoms with E-state index >= 15 is 0 Å². The van der Waals surface area contributed by atoms with Gasteiger partial charge in [-0.25, -0.2) is 4.98 Å². The first kappa shape index (κ1) is 12.2. The first-order valence-electron chi connectivity index (χ1n) is 5.34. The average Bonchev–Trinajstić information content (AvgIpc) is 2.65. The summed E-state index contributed by atoms with van der Waals surface area (Å²) in [6, 6.07) is -0.205. The second-order valence-corrected chi connectivity index (χ2v) is 4.26. The number of hydrogen-bond donors (Lipinski definition) is 1. The maximum absolute atomic E-state index is 6.15. The van der Waals surface area contributed by atoms with Crippen molar-refractivity contribution in [3.8, 4) is 0 Å². The minimum Gasteiger partial charge on any atom is -0.377 e. The highest BCUT2D eigenvalue weighted by atomic mass is 16.5. The van der Waals surface area contributed by atoms with Crippen LogP contribution in [0.2, 0.25) is 0 Å². The molecule has 15 heavy (non-hydrogen) atoms. The molecule has 0 fully saturated rings. The van der Waals surface area contributed by atoms with Gasteiger partial charge < -0.3 is 15.0 Å². The third-order valence-corrected chi connectivity index (χ3v) is 2.77. The molecule has 0 amide bonds. The lowest BCUT2D eigenvalue weighted by atomic mass is 9.99. The van der Waals surface area contributed by atoms with Gasteiger partial charge in [-0.15, -0.1) is 0 Å². The molecule has 1 rings (SSSR count). The number of nitrogens with zero attached hydrogens (tertiary/aromatic N) is 2. The first-order chi connectivity index (χ1) is 7.03. The second-order valence-electron chi connectivity index (χ2n) is 4.26. The lowest BCUT2D eigenvalue weighted by molar-refractivity contribution is -0.00310. The van der Waals surface area contributed by atoms with E-state index in [9.17, 15) is 0 Å². The Kier molecular flexibility index (Phi) is 3.88. The number of imidazole rings is 1. The van der Waals surface area contributed by atoms with Crippen LogP contribution in [0.5, 0.6) is 0 Å². The van der Waals surface area contributed by atoms with E-state index in [2.05, 4.69) is 16.5 Å². The van der Waals surface area contributed by atoms with Gasteiger partial charge in [0.1, 0.15) is 5.82 Å². The molecule has 0 aliphatic carbocycles. The fourth-order valence-electron chi connectivity index (χ4n) is 1.47. The van der Waals surface area contributed by atoms with Crippen LogP contribution in [-0.2, 0) is 11.3 Å². The summed E-state index contributed by atoms with van der Waals surface area (Å²) in [6.45, 7) is 7.03. The molecule has 86 valence electrons. The van der Waals surface area contributed by atoms with E-state index in [-0.39, 0.29) is 6.04 Å². The standard InChI is InChI=1S/C11H21N3O/c1-5-7-14-8-6-13-10(14)9(12)11(2,3)15-4/h6,8-9H,5,7,12H2,1-4H3. The van der Waals surface area contributed by atoms with Gasteiger partial charge >= 0.3 is 0 Å². The molecule has 0 spiro atoms. The molecule has 4 heteroatoms. The van der Waals surface area contributed by atoms with E-state index in [1.807, 2.05) is 20.0 Å². The first-order valence-corrected chi connectivity index (χ1v) is 5.34. The predicted molar refractivity (Wildman–Crippen MR) is 60.5 cm³/mol. The van der Waals surface area contributed by atoms with Crippen LogP contribution in [-0.4, -0.2) is 22.3 Å². The van der Waals surface area contributed by atoms with Gasteiger partial charge in [0.15, 0.2) is 0 Å². The zero-order valence-corrected chi connectivity index (χ0v) is 10.0. The largest absolute Gasteiger partial charge is 0.377 e. The van der Waals surface area contributed by atoms with Crippen molar-refractivity contribution < 1.29 is 4.74 Å². The minimum absolute atomic E-state index is 0.205. The lowest BCUT2D eigenvalue weighted by Gasteiger charge is -2.29. The van der Waals surface area contributed by atoms with E-state index in [1.165, 1.54) is 0 Å². The molecular formula is C11H21N3O. The quantitative estimate of drug-likeness (QED) is 0.806. The van der Waals surface area contributed by atoms with Crippen molar-refractivity contribution >= 4 is 0 Å². The molecule has 1 unspecified atom stereocenters. The maximum atomic E-state index is 6.15. The fourth-order valence-corrected chi connectivity index (χ4v) is 1.47. The Hall–Kier alpha value is -0.870. The Morgan fingerprint density at radius 2 is 2.27 bits per heavy atom. The number of hydrogen-bond acceptors (Lipinski definition) is 3. The number of methoxy groups -OCH3 is 1. The molecule has 1 aromatic heterocycles. The molecular weight excluding hydrogens is 190 g/mol. The number of aromatic nitrogens is 2. The zero-order valence-electron chi connectivity index (χ0n) is 10.0. The van der Waals surface area contributed by atoms with Gasteiger partial charge in [0.05, 0.1) is 11.6 Å². The number of nitrogens with two attached hydrogens (primary N) is 1. The van der Waals surface area contributed by atoms with Crippen molar-refractivity contribution in [1.82, 2.24) is 9.55 Å². The van der Waals surface area contributed by atoms with Gasteiger partial charge in [-0.05, 0) is 20.3 Å². The van der Waals surface area contributed by atoms with Crippen molar-refractivity contribution in [3.05, 3.63) is 18.2 Å². The molecule has 0 aliphatic rings. The third kappa shape index (κ3) is 2.58. The van der Waals surface area contributed by atoms with Crippen LogP contribution < -0.4 is 5.73 Å². The van der Waals surface area contributed by atoms with Crippen LogP contribution in [0.1, 0.15) is 39.1 Å². The molecule has 4 nitrogen and oxygen atoms in total. The molecule has 0 aromatic carbocycles. The number of rotatable bonds is 5. The lowest BCUT2D eigenvalue weighted by Crippen LogP contribution is -2.39. The minimum atomic E-state index is -0.392. The van der Waals surface area contributed by atoms with Crippen LogP contribution in [0.3, 0.4) is 0 Å². The van der Waals surface area contributed by atoms with E-state index in [0.717, 1.165) is 18.8 Å². The van der Waals surface area contributed by atoms with E-state index in [0.29, 0.717) is 0 Å². The van der Waals surface area contributed by atoms with Gasteiger partial charge in [-0.1, -0.05) is 6.92 Å². The van der Waals surface area contributed by atoms with Crippen LogP contribution in [0.4, 0.5) is 0 Å². The van der Waals surface area contributed by atoms with E-state index in [1.54, 1.807) is 13.3 Å². The molecule has 0 radical (unpaired) electrons. The summed E-state index contributed by atoms with van der Waals surface area (Å²) >= 11 is 0. The molecule has 0 aliphatic heterocycles. The summed E-state index contributed by atoms with van der Waals surface area (Å²) in [5.41, 5.74) is 5.76. The maximum Gasteiger partial charge on any atom is 0.128 e. The number of aryl methyl sites for hydroxylation is 1. The van der Waals surface area contributed by atoms with Gasteiger partial charge in [0, 0.05) is 26.0 Å². The summed E-state index contributed by atoms with van der Waals surface area (Å²) in [5.74, 6) is 0.892. The zero-order chi connectivity index (χ0) is 11.5. The molecule has 1 heterocycles. The summed E-state index contributed by atoms with van der Waals surface area (Å²) in [6.07, 6.45) is 4.82. The van der Waals surface area contributed by atoms with Crippen LogP contribution >= 0.6 is 0 Å². The van der Waals surface area contributed by atoms with Gasteiger partial charge in [0.2, 0.25) is 0 Å². The molecule has 2 N–H and O–H groups in total. The van der Waals surface area contributed by atoms with E-state index < -0.39 is 5.60 Å². The molecule has 0 saturated heterocycles. The van der Waals surface area contributed by atoms with Crippen molar-refractivity contribution in [2.75, 3.05) is 7.11 Å². The van der Waals surface area contributed by atoms with Crippen LogP contribution in [0.15, 0.2) is 12.4 Å². The summed E-state index contributed by atoms with van der Waals surface area (Å²) in [7, 11) is 1.67. The van der Waals surface area contributed by atoms with Crippen molar-refractivity contribution in [1.29, 1.82) is 0 Å². The Morgan fingerprint density at radius 3 is 2.80 bits per heavy atom. The van der Waals surface area contributed by atoms with Gasteiger partial charge in [-0.2, -0.15) is 0 Å². The fraction of sp³-hybridized carbons (Fsp3) is 0.727. The highest BCUT2D eigenvalue weighted by molar-refractivity contribution is 5.04. The average molecular weight is 211 g/mol. The Bertz CT molecular complexity index is 307. The van der Waals surface area contributed by atoms with E-state index in [4.69, 9.17) is 10.5 Å². The van der Waals surface area contributed by atoms with Crippen LogP contribution in [0.25, 0.3) is 0 Å². The Morgan fingerprint density at radius 1 is 1.60 bits per heavy atom. The normalized spacial score (nSPS) is 14.2. The van der Waals surface area contributed by atoms with Crippen molar-refractivity contribution in [2.24, 2.45) is 5.73 Å².